The number of aromatic nitrogens is 2. The van der Waals surface area contributed by atoms with E-state index in [1.54, 1.807) is 6.07 Å². The maximum Gasteiger partial charge on any atom is 0.266 e. The van der Waals surface area contributed by atoms with Crippen LogP contribution in [0, 0.1) is 6.92 Å². The SMILES string of the molecule is CCN(CC)c1noc(-c2cccc(C)c2O)n1. The van der Waals surface area contributed by atoms with Gasteiger partial charge in [0.05, 0.1) is 5.56 Å². The van der Waals surface area contributed by atoms with Crippen molar-refractivity contribution in [1.82, 2.24) is 10.1 Å². The zero-order valence-electron chi connectivity index (χ0n) is 10.8. The lowest BCUT2D eigenvalue weighted by Gasteiger charge is -2.14. The smallest absolute Gasteiger partial charge is 0.266 e. The molecule has 0 aliphatic heterocycles. The lowest BCUT2D eigenvalue weighted by atomic mass is 10.1. The van der Waals surface area contributed by atoms with Gasteiger partial charge >= 0.3 is 0 Å². The second-order valence-corrected chi connectivity index (χ2v) is 4.04. The largest absolute Gasteiger partial charge is 0.507 e. The molecule has 1 N–H and O–H groups in total. The number of hydrogen-bond donors (Lipinski definition) is 1. The summed E-state index contributed by atoms with van der Waals surface area (Å²) in [6.45, 7) is 7.53. The van der Waals surface area contributed by atoms with Crippen LogP contribution in [0.3, 0.4) is 0 Å². The molecule has 0 aliphatic rings. The Labute approximate surface area is 106 Å². The highest BCUT2D eigenvalue weighted by Gasteiger charge is 2.16. The van der Waals surface area contributed by atoms with Crippen LogP contribution in [0.25, 0.3) is 11.5 Å². The van der Waals surface area contributed by atoms with Gasteiger partial charge in [-0.2, -0.15) is 4.98 Å². The highest BCUT2D eigenvalue weighted by Crippen LogP contribution is 2.31. The number of rotatable bonds is 4. The molecule has 18 heavy (non-hydrogen) atoms. The molecule has 2 rings (SSSR count). The van der Waals surface area contributed by atoms with Gasteiger partial charge in [0.2, 0.25) is 0 Å². The van der Waals surface area contributed by atoms with Gasteiger partial charge in [0.25, 0.3) is 11.8 Å². The predicted octanol–water partition coefficient (Wildman–Crippen LogP) is 2.60. The molecule has 0 saturated heterocycles. The Bertz CT molecular complexity index is 533. The normalized spacial score (nSPS) is 10.6. The first-order chi connectivity index (χ1) is 8.67. The summed E-state index contributed by atoms with van der Waals surface area (Å²) in [5.74, 6) is 1.08. The summed E-state index contributed by atoms with van der Waals surface area (Å²) in [5, 5.41) is 13.9. The van der Waals surface area contributed by atoms with Gasteiger partial charge in [-0.1, -0.05) is 12.1 Å². The van der Waals surface area contributed by atoms with Crippen molar-refractivity contribution in [1.29, 1.82) is 0 Å². The molecular weight excluding hydrogens is 230 g/mol. The number of phenolic OH excluding ortho intramolecular Hbond substituents is 1. The lowest BCUT2D eigenvalue weighted by Crippen LogP contribution is -2.22. The summed E-state index contributed by atoms with van der Waals surface area (Å²) in [6.07, 6.45) is 0. The van der Waals surface area contributed by atoms with Crippen LogP contribution in [0.4, 0.5) is 5.95 Å². The van der Waals surface area contributed by atoms with E-state index in [-0.39, 0.29) is 5.75 Å². The summed E-state index contributed by atoms with van der Waals surface area (Å²) in [7, 11) is 0. The van der Waals surface area contributed by atoms with E-state index in [1.165, 1.54) is 0 Å². The average Bonchev–Trinajstić information content (AvgIpc) is 2.84. The van der Waals surface area contributed by atoms with Crippen molar-refractivity contribution < 1.29 is 9.63 Å². The van der Waals surface area contributed by atoms with E-state index in [4.69, 9.17) is 4.52 Å². The average molecular weight is 247 g/mol. The van der Waals surface area contributed by atoms with Gasteiger partial charge in [0.1, 0.15) is 5.75 Å². The third kappa shape index (κ3) is 2.16. The predicted molar refractivity (Wildman–Crippen MR) is 69.7 cm³/mol. The van der Waals surface area contributed by atoms with Gasteiger partial charge in [-0.15, -0.1) is 0 Å². The summed E-state index contributed by atoms with van der Waals surface area (Å²) in [5.41, 5.74) is 1.36. The number of nitrogens with zero attached hydrogens (tertiary/aromatic N) is 3. The Balaban J connectivity index is 2.38. The lowest BCUT2D eigenvalue weighted by molar-refractivity contribution is 0.423. The summed E-state index contributed by atoms with van der Waals surface area (Å²) in [4.78, 5) is 6.30. The van der Waals surface area contributed by atoms with Crippen molar-refractivity contribution >= 4 is 5.95 Å². The van der Waals surface area contributed by atoms with Gasteiger partial charge in [0.15, 0.2) is 0 Å². The van der Waals surface area contributed by atoms with Crippen LogP contribution < -0.4 is 4.90 Å². The van der Waals surface area contributed by atoms with E-state index in [1.807, 2.05) is 37.8 Å². The Morgan fingerprint density at radius 2 is 2.00 bits per heavy atom. The van der Waals surface area contributed by atoms with Crippen LogP contribution in [0.15, 0.2) is 22.7 Å². The first-order valence-corrected chi connectivity index (χ1v) is 6.05. The molecular formula is C13H17N3O2. The number of hydrogen-bond acceptors (Lipinski definition) is 5. The summed E-state index contributed by atoms with van der Waals surface area (Å²) < 4.78 is 5.21. The number of para-hydroxylation sites is 1. The number of aryl methyl sites for hydroxylation is 1. The van der Waals surface area contributed by atoms with Crippen LogP contribution in [0.5, 0.6) is 5.75 Å². The third-order valence-corrected chi connectivity index (χ3v) is 2.93. The van der Waals surface area contributed by atoms with E-state index in [0.717, 1.165) is 18.7 Å². The molecule has 0 unspecified atom stereocenters. The van der Waals surface area contributed by atoms with Crippen molar-refractivity contribution in [3.8, 4) is 17.2 Å². The van der Waals surface area contributed by atoms with Gasteiger partial charge < -0.3 is 14.5 Å². The van der Waals surface area contributed by atoms with Gasteiger partial charge in [-0.3, -0.25) is 0 Å². The first-order valence-electron chi connectivity index (χ1n) is 6.05. The zero-order valence-corrected chi connectivity index (χ0v) is 10.8. The fraction of sp³-hybridized carbons (Fsp3) is 0.385. The van der Waals surface area contributed by atoms with Crippen molar-refractivity contribution in [2.24, 2.45) is 0 Å². The fourth-order valence-electron chi connectivity index (χ4n) is 1.79. The standard InChI is InChI=1S/C13H17N3O2/c1-4-16(5-2)13-14-12(18-15-13)10-8-6-7-9(3)11(10)17/h6-8,17H,4-5H2,1-3H3. The minimum Gasteiger partial charge on any atom is -0.507 e. The molecule has 5 nitrogen and oxygen atoms in total. The number of benzene rings is 1. The van der Waals surface area contributed by atoms with Crippen molar-refractivity contribution in [2.75, 3.05) is 18.0 Å². The van der Waals surface area contributed by atoms with Crippen molar-refractivity contribution in [3.05, 3.63) is 23.8 Å². The Morgan fingerprint density at radius 3 is 2.67 bits per heavy atom. The minimum absolute atomic E-state index is 0.187. The monoisotopic (exact) mass is 247 g/mol. The van der Waals surface area contributed by atoms with Gasteiger partial charge in [-0.05, 0) is 37.6 Å². The highest BCUT2D eigenvalue weighted by atomic mass is 16.5. The molecule has 0 bridgehead atoms. The molecule has 0 atom stereocenters. The molecule has 1 aromatic carbocycles. The zero-order chi connectivity index (χ0) is 13.1. The van der Waals surface area contributed by atoms with E-state index < -0.39 is 0 Å². The van der Waals surface area contributed by atoms with Crippen LogP contribution in [-0.2, 0) is 0 Å². The fourth-order valence-corrected chi connectivity index (χ4v) is 1.79. The molecule has 2 aromatic rings. The molecule has 0 amide bonds. The summed E-state index contributed by atoms with van der Waals surface area (Å²) in [6, 6.07) is 5.45. The summed E-state index contributed by atoms with van der Waals surface area (Å²) >= 11 is 0. The Kier molecular flexibility index (Phi) is 3.50. The first kappa shape index (κ1) is 12.4. The molecule has 0 fully saturated rings. The molecule has 0 spiro atoms. The van der Waals surface area contributed by atoms with E-state index in [9.17, 15) is 5.11 Å². The third-order valence-electron chi connectivity index (χ3n) is 2.93. The van der Waals surface area contributed by atoms with Crippen molar-refractivity contribution in [3.63, 3.8) is 0 Å². The second-order valence-electron chi connectivity index (χ2n) is 4.04. The molecule has 96 valence electrons. The van der Waals surface area contributed by atoms with Gasteiger partial charge in [-0.25, -0.2) is 0 Å². The molecule has 0 saturated carbocycles. The van der Waals surface area contributed by atoms with Crippen LogP contribution >= 0.6 is 0 Å². The molecule has 0 radical (unpaired) electrons. The van der Waals surface area contributed by atoms with Crippen LogP contribution in [-0.4, -0.2) is 28.3 Å². The van der Waals surface area contributed by atoms with E-state index in [0.29, 0.717) is 17.4 Å². The minimum atomic E-state index is 0.187. The molecule has 5 heteroatoms. The Hall–Kier alpha value is -2.04. The second kappa shape index (κ2) is 5.08. The number of aromatic hydroxyl groups is 1. The highest BCUT2D eigenvalue weighted by molar-refractivity contribution is 5.65. The quantitative estimate of drug-likeness (QED) is 0.899. The Morgan fingerprint density at radius 1 is 1.28 bits per heavy atom. The van der Waals surface area contributed by atoms with Crippen molar-refractivity contribution in [2.45, 2.75) is 20.8 Å². The maximum absolute atomic E-state index is 9.97. The van der Waals surface area contributed by atoms with E-state index in [2.05, 4.69) is 10.1 Å². The van der Waals surface area contributed by atoms with Gasteiger partial charge in [0, 0.05) is 13.1 Å². The number of anilines is 1. The van der Waals surface area contributed by atoms with Crippen LogP contribution in [0.2, 0.25) is 0 Å². The van der Waals surface area contributed by atoms with E-state index >= 15 is 0 Å². The molecule has 1 heterocycles. The molecule has 1 aromatic heterocycles. The number of phenols is 1. The maximum atomic E-state index is 9.97. The molecule has 0 aliphatic carbocycles. The van der Waals surface area contributed by atoms with Crippen LogP contribution in [0.1, 0.15) is 19.4 Å². The topological polar surface area (TPSA) is 62.4 Å².